The topological polar surface area (TPSA) is 137 Å². The second-order valence-corrected chi connectivity index (χ2v) is 12.2. The first-order valence-corrected chi connectivity index (χ1v) is 15.6. The molecule has 0 aliphatic carbocycles. The quantitative estimate of drug-likeness (QED) is 0.215. The van der Waals surface area contributed by atoms with Crippen LogP contribution in [0.1, 0.15) is 25.0 Å². The fourth-order valence-electron chi connectivity index (χ4n) is 4.89. The van der Waals surface area contributed by atoms with Gasteiger partial charge in [0.1, 0.15) is 0 Å². The van der Waals surface area contributed by atoms with Crippen molar-refractivity contribution in [1.82, 2.24) is 10.2 Å². The number of rotatable bonds is 12. The van der Waals surface area contributed by atoms with E-state index in [1.165, 1.54) is 36.4 Å². The Morgan fingerprint density at radius 1 is 1.02 bits per heavy atom. The van der Waals surface area contributed by atoms with Crippen molar-refractivity contribution in [2.24, 2.45) is 0 Å². The number of urea groups is 1. The van der Waals surface area contributed by atoms with E-state index in [2.05, 4.69) is 16.0 Å². The van der Waals surface area contributed by atoms with Gasteiger partial charge in [-0.05, 0) is 56.3 Å². The smallest absolute Gasteiger partial charge is 0.321 e. The highest BCUT2D eigenvalue weighted by Gasteiger charge is 2.51. The Morgan fingerprint density at radius 3 is 2.36 bits per heavy atom. The number of benzene rings is 3. The van der Waals surface area contributed by atoms with E-state index < -0.39 is 21.3 Å². The van der Waals surface area contributed by atoms with Crippen LogP contribution in [-0.4, -0.2) is 69.8 Å². The van der Waals surface area contributed by atoms with Crippen LogP contribution < -0.4 is 16.0 Å². The summed E-state index contributed by atoms with van der Waals surface area (Å²) in [5.41, 5.74) is -0.377. The van der Waals surface area contributed by atoms with Crippen LogP contribution in [0.3, 0.4) is 0 Å². The standard InChI is InChI=1S/C29H32Cl2N4O6S/c1-3-35(4-2)28(38)33-20-9-11-21(12-10-20)42(39,40)25-18-19(30)17-23-26(25)34-27(37)29(23,32-13-15-41-16-14-36)22-7-5-6-8-24(22)31/h5-12,17-18,32,36H,3-4,13-16H2,1-2H3,(H,33,38)(H,34,37). The van der Waals surface area contributed by atoms with Crippen LogP contribution in [0.5, 0.6) is 0 Å². The molecule has 0 aromatic heterocycles. The summed E-state index contributed by atoms with van der Waals surface area (Å²) in [6.45, 7) is 5.09. The Hall–Kier alpha value is -3.19. The van der Waals surface area contributed by atoms with Gasteiger partial charge in [0, 0.05) is 46.5 Å². The van der Waals surface area contributed by atoms with E-state index in [0.29, 0.717) is 24.3 Å². The largest absolute Gasteiger partial charge is 0.394 e. The number of anilines is 2. The number of nitrogens with zero attached hydrogens (tertiary/aromatic N) is 1. The van der Waals surface area contributed by atoms with Gasteiger partial charge in [-0.25, -0.2) is 13.2 Å². The third-order valence-electron chi connectivity index (χ3n) is 6.96. The molecule has 10 nitrogen and oxygen atoms in total. The number of halogens is 2. The minimum atomic E-state index is -4.19. The van der Waals surface area contributed by atoms with Crippen LogP contribution >= 0.6 is 23.2 Å². The molecule has 0 fully saturated rings. The number of aliphatic hydroxyl groups is 1. The summed E-state index contributed by atoms with van der Waals surface area (Å²) < 4.78 is 33.2. The predicted molar refractivity (Wildman–Crippen MR) is 162 cm³/mol. The second kappa shape index (κ2) is 13.4. The van der Waals surface area contributed by atoms with Crippen LogP contribution in [0, 0.1) is 0 Å². The maximum atomic E-state index is 13.9. The molecule has 1 aliphatic heterocycles. The summed E-state index contributed by atoms with van der Waals surface area (Å²) in [5, 5.41) is 18.1. The molecule has 13 heteroatoms. The van der Waals surface area contributed by atoms with Crippen LogP contribution in [-0.2, 0) is 24.9 Å². The van der Waals surface area contributed by atoms with Crippen LogP contribution in [0.25, 0.3) is 0 Å². The second-order valence-electron chi connectivity index (χ2n) is 9.40. The number of hydrogen-bond donors (Lipinski definition) is 4. The van der Waals surface area contributed by atoms with Crippen molar-refractivity contribution < 1.29 is 27.9 Å². The van der Waals surface area contributed by atoms with Crippen molar-refractivity contribution in [3.63, 3.8) is 0 Å². The van der Waals surface area contributed by atoms with Gasteiger partial charge in [-0.1, -0.05) is 41.4 Å². The van der Waals surface area contributed by atoms with E-state index in [1.54, 1.807) is 29.2 Å². The summed E-state index contributed by atoms with van der Waals surface area (Å²) in [6, 6.07) is 15.1. The zero-order valence-electron chi connectivity index (χ0n) is 23.1. The molecule has 1 unspecified atom stereocenters. The molecule has 42 heavy (non-hydrogen) atoms. The van der Waals surface area contributed by atoms with Crippen molar-refractivity contribution >= 4 is 56.4 Å². The van der Waals surface area contributed by atoms with Gasteiger partial charge in [-0.2, -0.15) is 0 Å². The molecule has 1 atom stereocenters. The van der Waals surface area contributed by atoms with Gasteiger partial charge >= 0.3 is 6.03 Å². The number of sulfone groups is 1. The van der Waals surface area contributed by atoms with Crippen molar-refractivity contribution in [3.8, 4) is 0 Å². The Labute approximate surface area is 254 Å². The predicted octanol–water partition coefficient (Wildman–Crippen LogP) is 4.49. The van der Waals surface area contributed by atoms with Gasteiger partial charge in [-0.3, -0.25) is 10.1 Å². The maximum absolute atomic E-state index is 13.9. The number of aliphatic hydroxyl groups excluding tert-OH is 1. The molecule has 0 saturated carbocycles. The van der Waals surface area contributed by atoms with Crippen molar-refractivity contribution in [3.05, 3.63) is 81.8 Å². The minimum absolute atomic E-state index is 0.0531. The summed E-state index contributed by atoms with van der Waals surface area (Å²) in [5.74, 6) is -0.541. The monoisotopic (exact) mass is 634 g/mol. The molecule has 3 aromatic rings. The first-order valence-electron chi connectivity index (χ1n) is 13.3. The van der Waals surface area contributed by atoms with Crippen molar-refractivity contribution in [2.45, 2.75) is 29.2 Å². The first-order chi connectivity index (χ1) is 20.1. The van der Waals surface area contributed by atoms with E-state index >= 15 is 0 Å². The molecule has 0 spiro atoms. The Balaban J connectivity index is 1.77. The number of amides is 3. The molecule has 4 N–H and O–H groups in total. The maximum Gasteiger partial charge on any atom is 0.321 e. The molecular formula is C29H32Cl2N4O6S. The Bertz CT molecular complexity index is 1560. The number of fused-ring (bicyclic) bond motifs is 1. The molecule has 0 radical (unpaired) electrons. The number of carbonyl (C=O) groups excluding carboxylic acids is 2. The third kappa shape index (κ3) is 6.12. The van der Waals surface area contributed by atoms with Crippen LogP contribution in [0.2, 0.25) is 10.0 Å². The first kappa shape index (κ1) is 31.7. The average molecular weight is 636 g/mol. The van der Waals surface area contributed by atoms with Crippen molar-refractivity contribution in [1.29, 1.82) is 0 Å². The highest BCUT2D eigenvalue weighted by atomic mass is 35.5. The van der Waals surface area contributed by atoms with E-state index in [4.69, 9.17) is 33.0 Å². The van der Waals surface area contributed by atoms with Crippen LogP contribution in [0.4, 0.5) is 16.2 Å². The fourth-order valence-corrected chi connectivity index (χ4v) is 6.91. The van der Waals surface area contributed by atoms with E-state index in [-0.39, 0.29) is 63.5 Å². The van der Waals surface area contributed by atoms with Gasteiger partial charge in [0.05, 0.1) is 35.3 Å². The molecule has 0 saturated heterocycles. The summed E-state index contributed by atoms with van der Waals surface area (Å²) in [6.07, 6.45) is 0. The summed E-state index contributed by atoms with van der Waals surface area (Å²) >= 11 is 13.1. The summed E-state index contributed by atoms with van der Waals surface area (Å²) in [4.78, 5) is 27.6. The molecule has 4 rings (SSSR count). The molecular weight excluding hydrogens is 603 g/mol. The minimum Gasteiger partial charge on any atom is -0.394 e. The van der Waals surface area contributed by atoms with Crippen LogP contribution in [0.15, 0.2) is 70.5 Å². The van der Waals surface area contributed by atoms with Gasteiger partial charge in [0.15, 0.2) is 5.54 Å². The molecule has 224 valence electrons. The zero-order valence-corrected chi connectivity index (χ0v) is 25.4. The SMILES string of the molecule is CCN(CC)C(=O)Nc1ccc(S(=O)(=O)c2cc(Cl)cc3c2NC(=O)C3(NCCOCCO)c2ccccc2Cl)cc1. The molecule has 3 amide bonds. The highest BCUT2D eigenvalue weighted by Crippen LogP contribution is 2.48. The lowest BCUT2D eigenvalue weighted by atomic mass is 9.83. The number of carbonyl (C=O) groups is 2. The molecule has 3 aromatic carbocycles. The van der Waals surface area contributed by atoms with Gasteiger partial charge < -0.3 is 25.4 Å². The van der Waals surface area contributed by atoms with Gasteiger partial charge in [0.2, 0.25) is 9.84 Å². The Kier molecular flexibility index (Phi) is 10.1. The molecule has 1 heterocycles. The number of hydrogen-bond acceptors (Lipinski definition) is 7. The lowest BCUT2D eigenvalue weighted by Crippen LogP contribution is -2.50. The fraction of sp³-hybridized carbons (Fsp3) is 0.310. The third-order valence-corrected chi connectivity index (χ3v) is 9.30. The number of nitrogens with one attached hydrogen (secondary N) is 3. The lowest BCUT2D eigenvalue weighted by Gasteiger charge is -2.30. The molecule has 1 aliphatic rings. The Morgan fingerprint density at radius 2 is 1.71 bits per heavy atom. The van der Waals surface area contributed by atoms with Gasteiger partial charge in [-0.15, -0.1) is 0 Å². The normalized spacial score (nSPS) is 16.2. The summed E-state index contributed by atoms with van der Waals surface area (Å²) in [7, 11) is -4.19. The van der Waals surface area contributed by atoms with E-state index in [0.717, 1.165) is 0 Å². The average Bonchev–Trinajstić information content (AvgIpc) is 3.24. The van der Waals surface area contributed by atoms with Crippen molar-refractivity contribution in [2.75, 3.05) is 50.1 Å². The van der Waals surface area contributed by atoms with E-state index in [9.17, 15) is 18.0 Å². The zero-order chi connectivity index (χ0) is 30.5. The van der Waals surface area contributed by atoms with E-state index in [1.807, 2.05) is 13.8 Å². The highest BCUT2D eigenvalue weighted by molar-refractivity contribution is 7.91. The van der Waals surface area contributed by atoms with Gasteiger partial charge in [0.25, 0.3) is 5.91 Å². The lowest BCUT2D eigenvalue weighted by molar-refractivity contribution is -0.120. The number of ether oxygens (including phenoxy) is 1. The molecule has 0 bridgehead atoms.